The Balaban J connectivity index is 1.49. The monoisotopic (exact) mass is 624 g/mol. The standard InChI is InChI=1S/C45H52O2/c1-30-14-13-18-37-39(30)40-36-17-9-10-19-38(36)42(2)28-11-12-29-43(42,3)44(40,4)41(37)45(31-15-7-8-16-31,32-20-24-34(46-5)25-21-32)33-22-26-35(47-6)27-23-33/h7-12,15,17,19-30,36-41H,13-14,16,18H2,1-6H3. The van der Waals surface area contributed by atoms with Gasteiger partial charge in [-0.25, -0.2) is 0 Å². The van der Waals surface area contributed by atoms with E-state index >= 15 is 0 Å². The highest BCUT2D eigenvalue weighted by Crippen LogP contribution is 2.81. The van der Waals surface area contributed by atoms with Gasteiger partial charge in [0.2, 0.25) is 0 Å². The molecule has 0 N–H and O–H groups in total. The summed E-state index contributed by atoms with van der Waals surface area (Å²) in [5.74, 6) is 5.71. The molecule has 0 radical (unpaired) electrons. The molecule has 3 saturated carbocycles. The van der Waals surface area contributed by atoms with E-state index in [4.69, 9.17) is 9.47 Å². The Hall–Kier alpha value is -3.52. The van der Waals surface area contributed by atoms with Crippen LogP contribution in [0.15, 0.2) is 121 Å². The summed E-state index contributed by atoms with van der Waals surface area (Å²) in [5, 5.41) is 0. The Morgan fingerprint density at radius 2 is 1.38 bits per heavy atom. The Morgan fingerprint density at radius 3 is 2.00 bits per heavy atom. The molecule has 0 aromatic heterocycles. The third kappa shape index (κ3) is 3.91. The van der Waals surface area contributed by atoms with Crippen LogP contribution in [0.5, 0.6) is 11.5 Å². The summed E-state index contributed by atoms with van der Waals surface area (Å²) in [6, 6.07) is 18.4. The van der Waals surface area contributed by atoms with Gasteiger partial charge in [-0.05, 0) is 95.1 Å². The van der Waals surface area contributed by atoms with E-state index in [0.717, 1.165) is 17.9 Å². The number of methoxy groups -OCH3 is 2. The Morgan fingerprint density at radius 1 is 0.745 bits per heavy atom. The zero-order valence-electron chi connectivity index (χ0n) is 29.2. The number of hydrogen-bond donors (Lipinski definition) is 0. The van der Waals surface area contributed by atoms with Crippen molar-refractivity contribution in [2.24, 2.45) is 57.7 Å². The number of hydrogen-bond acceptors (Lipinski definition) is 2. The molecule has 2 aromatic carbocycles. The molecule has 2 aromatic rings. The van der Waals surface area contributed by atoms with E-state index in [-0.39, 0.29) is 21.7 Å². The van der Waals surface area contributed by atoms with Crippen molar-refractivity contribution in [1.82, 2.24) is 0 Å². The predicted molar refractivity (Wildman–Crippen MR) is 193 cm³/mol. The second-order valence-corrected chi connectivity index (χ2v) is 16.1. The van der Waals surface area contributed by atoms with Crippen LogP contribution in [0.1, 0.15) is 64.5 Å². The maximum atomic E-state index is 5.76. The van der Waals surface area contributed by atoms with Crippen LogP contribution in [-0.4, -0.2) is 14.2 Å². The number of allylic oxidation sites excluding steroid dienone is 12. The third-order valence-electron chi connectivity index (χ3n) is 14.9. The minimum Gasteiger partial charge on any atom is -0.497 e. The molecular formula is C45H52O2. The van der Waals surface area contributed by atoms with E-state index in [0.29, 0.717) is 41.4 Å². The van der Waals surface area contributed by atoms with Crippen molar-refractivity contribution in [3.63, 3.8) is 0 Å². The molecule has 2 heteroatoms. The van der Waals surface area contributed by atoms with Crippen LogP contribution in [0.4, 0.5) is 0 Å². The van der Waals surface area contributed by atoms with Gasteiger partial charge in [0.05, 0.1) is 14.2 Å². The van der Waals surface area contributed by atoms with Crippen LogP contribution >= 0.6 is 0 Å². The maximum Gasteiger partial charge on any atom is 0.118 e. The topological polar surface area (TPSA) is 18.5 Å². The van der Waals surface area contributed by atoms with Crippen molar-refractivity contribution < 1.29 is 9.47 Å². The van der Waals surface area contributed by atoms with Gasteiger partial charge in [0.25, 0.3) is 0 Å². The van der Waals surface area contributed by atoms with E-state index in [2.05, 4.69) is 143 Å². The molecule has 0 heterocycles. The highest BCUT2D eigenvalue weighted by molar-refractivity contribution is 5.57. The molecule has 8 rings (SSSR count). The minimum absolute atomic E-state index is 0.0121. The molecule has 0 aliphatic heterocycles. The van der Waals surface area contributed by atoms with E-state index < -0.39 is 0 Å². The van der Waals surface area contributed by atoms with Gasteiger partial charge < -0.3 is 9.47 Å². The van der Waals surface area contributed by atoms with E-state index in [1.807, 2.05) is 0 Å². The lowest BCUT2D eigenvalue weighted by atomic mass is 9.34. The van der Waals surface area contributed by atoms with Crippen molar-refractivity contribution in [3.8, 4) is 11.5 Å². The SMILES string of the molecule is COc1ccc(C(C2=CC=CC2)(c2ccc(OC)cc2)C2C3CCCC(C)C3C3C4C=CC=CC4C4(C)C=CC=CC4(C)C32C)cc1. The molecule has 244 valence electrons. The molecule has 6 aliphatic rings. The van der Waals surface area contributed by atoms with Crippen LogP contribution in [0.2, 0.25) is 0 Å². The largest absolute Gasteiger partial charge is 0.497 e. The van der Waals surface area contributed by atoms with Crippen molar-refractivity contribution in [2.45, 2.75) is 58.8 Å². The van der Waals surface area contributed by atoms with Gasteiger partial charge in [0.15, 0.2) is 0 Å². The summed E-state index contributed by atoms with van der Waals surface area (Å²) in [5.41, 5.74) is 3.89. The first kappa shape index (κ1) is 30.8. The van der Waals surface area contributed by atoms with Crippen molar-refractivity contribution in [3.05, 3.63) is 132 Å². The van der Waals surface area contributed by atoms with Gasteiger partial charge in [0, 0.05) is 16.2 Å². The van der Waals surface area contributed by atoms with Gasteiger partial charge in [-0.3, -0.25) is 0 Å². The average molecular weight is 625 g/mol. The molecule has 47 heavy (non-hydrogen) atoms. The number of rotatable bonds is 6. The van der Waals surface area contributed by atoms with Gasteiger partial charge in [0.1, 0.15) is 11.5 Å². The molecule has 2 nitrogen and oxygen atoms in total. The van der Waals surface area contributed by atoms with Gasteiger partial charge in [-0.1, -0.05) is 137 Å². The van der Waals surface area contributed by atoms with Crippen LogP contribution in [0.25, 0.3) is 0 Å². The molecule has 0 saturated heterocycles. The van der Waals surface area contributed by atoms with Gasteiger partial charge in [-0.15, -0.1) is 0 Å². The molecule has 0 bridgehead atoms. The van der Waals surface area contributed by atoms with Crippen LogP contribution in [-0.2, 0) is 5.41 Å². The zero-order valence-corrected chi connectivity index (χ0v) is 29.2. The summed E-state index contributed by atoms with van der Waals surface area (Å²) >= 11 is 0. The molecule has 10 unspecified atom stereocenters. The smallest absolute Gasteiger partial charge is 0.118 e. The number of fused-ring (bicyclic) bond motifs is 8. The summed E-state index contributed by atoms with van der Waals surface area (Å²) in [6.07, 6.45) is 32.0. The normalized spacial score (nSPS) is 39.5. The van der Waals surface area contributed by atoms with Crippen molar-refractivity contribution in [1.29, 1.82) is 0 Å². The molecule has 0 spiro atoms. The van der Waals surface area contributed by atoms with Gasteiger partial charge in [-0.2, -0.15) is 0 Å². The highest BCUT2D eigenvalue weighted by Gasteiger charge is 2.77. The minimum atomic E-state index is -0.328. The Bertz CT molecular complexity index is 1650. The fraction of sp³-hybridized carbons (Fsp3) is 0.467. The van der Waals surface area contributed by atoms with Crippen LogP contribution in [0, 0.1) is 57.7 Å². The lowest BCUT2D eigenvalue weighted by Gasteiger charge is -2.69. The summed E-state index contributed by atoms with van der Waals surface area (Å²) in [7, 11) is 3.56. The summed E-state index contributed by atoms with van der Waals surface area (Å²) < 4.78 is 11.5. The second-order valence-electron chi connectivity index (χ2n) is 16.1. The van der Waals surface area contributed by atoms with Crippen LogP contribution in [0.3, 0.4) is 0 Å². The van der Waals surface area contributed by atoms with E-state index in [1.54, 1.807) is 14.2 Å². The lowest BCUT2D eigenvalue weighted by Crippen LogP contribution is -2.65. The van der Waals surface area contributed by atoms with Crippen molar-refractivity contribution >= 4 is 0 Å². The molecule has 6 aliphatic carbocycles. The summed E-state index contributed by atoms with van der Waals surface area (Å²) in [6.45, 7) is 10.6. The Kier molecular flexibility index (Phi) is 7.21. The highest BCUT2D eigenvalue weighted by atomic mass is 16.5. The lowest BCUT2D eigenvalue weighted by molar-refractivity contribution is -0.151. The maximum absolute atomic E-state index is 5.76. The molecule has 10 atom stereocenters. The predicted octanol–water partition coefficient (Wildman–Crippen LogP) is 10.7. The Labute approximate surface area is 283 Å². The quantitative estimate of drug-likeness (QED) is 0.318. The fourth-order valence-corrected chi connectivity index (χ4v) is 12.8. The first-order valence-corrected chi connectivity index (χ1v) is 18.1. The fourth-order valence-electron chi connectivity index (χ4n) is 12.8. The van der Waals surface area contributed by atoms with Gasteiger partial charge >= 0.3 is 0 Å². The summed E-state index contributed by atoms with van der Waals surface area (Å²) in [4.78, 5) is 0. The van der Waals surface area contributed by atoms with Crippen LogP contribution < -0.4 is 9.47 Å². The zero-order chi connectivity index (χ0) is 32.6. The first-order chi connectivity index (χ1) is 22.8. The van der Waals surface area contributed by atoms with E-state index in [9.17, 15) is 0 Å². The molecule has 0 amide bonds. The first-order valence-electron chi connectivity index (χ1n) is 18.1. The number of benzene rings is 2. The average Bonchev–Trinajstić information content (AvgIpc) is 3.74. The molecule has 3 fully saturated rings. The third-order valence-corrected chi connectivity index (χ3v) is 14.9. The molecular weight excluding hydrogens is 572 g/mol. The van der Waals surface area contributed by atoms with E-state index in [1.165, 1.54) is 36.0 Å². The number of ether oxygens (including phenoxy) is 2. The second kappa shape index (κ2) is 11.0. The van der Waals surface area contributed by atoms with Crippen molar-refractivity contribution in [2.75, 3.05) is 14.2 Å².